The third-order valence-electron chi connectivity index (χ3n) is 1.85. The van der Waals surface area contributed by atoms with Gasteiger partial charge in [-0.05, 0) is 12.1 Å². The van der Waals surface area contributed by atoms with Crippen LogP contribution in [0.1, 0.15) is 0 Å². The number of aromatic nitrogens is 3. The first-order valence-corrected chi connectivity index (χ1v) is 21.5. The van der Waals surface area contributed by atoms with Gasteiger partial charge in [0.25, 0.3) is 6.34 Å². The first-order valence-electron chi connectivity index (χ1n) is 5.13. The molecule has 0 unspecified atom stereocenters. The quantitative estimate of drug-likeness (QED) is 0.156. The molecule has 0 bridgehead atoms. The average Bonchev–Trinajstić information content (AvgIpc) is 2.52. The van der Waals surface area contributed by atoms with E-state index in [1.807, 2.05) is 36.9 Å². The number of hydrogen-bond acceptors (Lipinski definition) is 2. The fourth-order valence-electron chi connectivity index (χ4n) is 1.31. The molecule has 0 aliphatic carbocycles. The molecule has 0 saturated carbocycles. The summed E-state index contributed by atoms with van der Waals surface area (Å²) in [5, 5.41) is 15.1. The summed E-state index contributed by atoms with van der Waals surface area (Å²) in [6, 6.07) is 7.30. The molecule has 0 N–H and O–H groups in total. The number of benzene rings is 1. The number of hydrogen-bond donors (Lipinski definition) is 0. The van der Waals surface area contributed by atoms with Crippen LogP contribution >= 0.6 is 35.3 Å². The van der Waals surface area contributed by atoms with Crippen molar-refractivity contribution in [2.45, 2.75) is 0 Å². The number of fused-ring (bicyclic) bond motifs is 1. The molecule has 5 nitrogen and oxygen atoms in total. The summed E-state index contributed by atoms with van der Waals surface area (Å²) in [6.07, 6.45) is 1.75. The molecular weight excluding hydrogens is 515 g/mol. The van der Waals surface area contributed by atoms with Crippen LogP contribution in [0.15, 0.2) is 24.3 Å². The van der Waals surface area contributed by atoms with E-state index in [-0.39, 0.29) is 12.4 Å². The SMILES string of the molecule is C[N+](C)=Cn1n[n+]([O-])c2ccccc21.[Cl-].[Cl][Sb]([Cl])([Cl])([Cl])[ClH+]. The Morgan fingerprint density at radius 2 is 1.76 bits per heavy atom. The molecular formula is C9H12Cl6N4OSb+. The van der Waals surface area contributed by atoms with Gasteiger partial charge in [0.05, 0.1) is 14.1 Å². The van der Waals surface area contributed by atoms with Gasteiger partial charge >= 0.3 is 55.8 Å². The number of rotatable bonds is 1. The Morgan fingerprint density at radius 3 is 2.24 bits per heavy atom. The number of para-hydroxylation sites is 2. The second-order valence-corrected chi connectivity index (χ2v) is 43.1. The van der Waals surface area contributed by atoms with E-state index in [0.717, 1.165) is 5.52 Å². The van der Waals surface area contributed by atoms with Gasteiger partial charge < -0.3 is 17.6 Å². The molecule has 0 spiro atoms. The number of nitrogens with zero attached hydrogens (tertiary/aromatic N) is 4. The fraction of sp³-hybridized carbons (Fsp3) is 0.222. The van der Waals surface area contributed by atoms with E-state index in [2.05, 4.69) is 14.0 Å². The van der Waals surface area contributed by atoms with Crippen molar-refractivity contribution in [2.75, 3.05) is 14.1 Å². The molecule has 2 rings (SSSR count). The number of halogens is 6. The van der Waals surface area contributed by atoms with E-state index < -0.39 is 11.7 Å². The van der Waals surface area contributed by atoms with Crippen LogP contribution in [-0.2, 0) is 0 Å². The summed E-state index contributed by atoms with van der Waals surface area (Å²) < 4.78 is 3.39. The normalized spacial score (nSPS) is 12.4. The van der Waals surface area contributed by atoms with Crippen LogP contribution in [0.2, 0.25) is 0 Å². The van der Waals surface area contributed by atoms with Gasteiger partial charge in [0.15, 0.2) is 0 Å². The van der Waals surface area contributed by atoms with Crippen molar-refractivity contribution in [3.05, 3.63) is 29.5 Å². The van der Waals surface area contributed by atoms with Gasteiger partial charge in [-0.3, -0.25) is 4.58 Å². The van der Waals surface area contributed by atoms with Crippen molar-refractivity contribution in [1.82, 2.24) is 9.90 Å². The van der Waals surface area contributed by atoms with Crippen molar-refractivity contribution >= 4 is 64.4 Å². The van der Waals surface area contributed by atoms with E-state index in [4.69, 9.17) is 35.3 Å². The Balaban J connectivity index is 0.000000495. The molecule has 0 aliphatic heterocycles. The molecule has 120 valence electrons. The Morgan fingerprint density at radius 1 is 1.29 bits per heavy atom. The standard InChI is InChI=1S/C9H11N4O.6ClH.Sb/c1-11(2)7-12-8-5-3-4-6-9(8)13(14)10-12;;;;;;;/h3-7H,1-2H3;6*1H;/q+1;;;;;;;+5/p-5. The maximum atomic E-state index is 11.3. The third-order valence-corrected chi connectivity index (χ3v) is 1.85. The molecule has 1 aromatic carbocycles. The zero-order chi connectivity index (χ0) is 15.6. The van der Waals surface area contributed by atoms with Crippen molar-refractivity contribution in [1.29, 1.82) is 0 Å². The van der Waals surface area contributed by atoms with Crippen molar-refractivity contribution < 1.29 is 30.7 Å². The van der Waals surface area contributed by atoms with Gasteiger partial charge in [-0.25, -0.2) is 0 Å². The zero-order valence-corrected chi connectivity index (χ0v) is 18.0. The fourth-order valence-corrected chi connectivity index (χ4v) is 1.31. The van der Waals surface area contributed by atoms with Gasteiger partial charge in [0, 0.05) is 0 Å². The van der Waals surface area contributed by atoms with E-state index in [0.29, 0.717) is 10.4 Å². The van der Waals surface area contributed by atoms with Gasteiger partial charge in [-0.1, -0.05) is 16.8 Å². The second-order valence-electron chi connectivity index (χ2n) is 3.93. The van der Waals surface area contributed by atoms with E-state index >= 15 is 0 Å². The van der Waals surface area contributed by atoms with Crippen LogP contribution in [0.4, 0.5) is 0 Å². The van der Waals surface area contributed by atoms with Crippen LogP contribution in [0.25, 0.3) is 11.0 Å². The van der Waals surface area contributed by atoms with Crippen LogP contribution < -0.4 is 17.3 Å². The predicted octanol–water partition coefficient (Wildman–Crippen LogP) is -1.07. The maximum absolute atomic E-state index is 11.3. The Bertz CT molecular complexity index is 630. The Labute approximate surface area is 147 Å². The summed E-state index contributed by atoms with van der Waals surface area (Å²) in [4.78, 5) is 0.620. The van der Waals surface area contributed by atoms with Crippen LogP contribution in [-0.4, -0.2) is 46.6 Å². The van der Waals surface area contributed by atoms with Crippen molar-refractivity contribution in [2.24, 2.45) is 0 Å². The Kier molecular flexibility index (Phi) is 8.20. The molecule has 21 heavy (non-hydrogen) atoms. The second kappa shape index (κ2) is 7.96. The molecule has 0 aliphatic rings. The minimum atomic E-state index is -4.22. The molecule has 0 amide bonds. The molecule has 1 heterocycles. The van der Waals surface area contributed by atoms with E-state index in [1.165, 1.54) is 0 Å². The molecule has 2 aromatic rings. The summed E-state index contributed by atoms with van der Waals surface area (Å²) in [5.41, 5.74) is 1.38. The Hall–Kier alpha value is 0.648. The molecule has 12 heteroatoms. The summed E-state index contributed by atoms with van der Waals surface area (Å²) in [7, 11) is 28.4. The van der Waals surface area contributed by atoms with E-state index in [1.54, 1.807) is 17.1 Å². The monoisotopic (exact) mass is 523 g/mol. The topological polar surface area (TPSA) is 47.8 Å². The minimum absolute atomic E-state index is 0. The predicted molar refractivity (Wildman–Crippen MR) is 82.8 cm³/mol. The molecule has 0 atom stereocenters. The van der Waals surface area contributed by atoms with Gasteiger partial charge in [-0.2, -0.15) is 0 Å². The van der Waals surface area contributed by atoms with Gasteiger partial charge in [0.1, 0.15) is 5.21 Å². The summed E-state index contributed by atoms with van der Waals surface area (Å²) >= 11 is -4.22. The first-order chi connectivity index (χ1) is 8.92. The molecule has 0 radical (unpaired) electrons. The van der Waals surface area contributed by atoms with Crippen LogP contribution in [0.3, 0.4) is 0 Å². The zero-order valence-electron chi connectivity index (χ0n) is 10.8. The average molecular weight is 527 g/mol. The van der Waals surface area contributed by atoms with E-state index in [9.17, 15) is 5.21 Å². The third kappa shape index (κ3) is 9.39. The first kappa shape index (κ1) is 21.6. The van der Waals surface area contributed by atoms with Crippen LogP contribution in [0, 0.1) is 14.0 Å². The summed E-state index contributed by atoms with van der Waals surface area (Å²) in [6.45, 7) is 0. The molecule has 1 aromatic heterocycles. The summed E-state index contributed by atoms with van der Waals surface area (Å²) in [5.74, 6) is 0. The van der Waals surface area contributed by atoms with Crippen molar-refractivity contribution in [3.63, 3.8) is 0 Å². The molecule has 0 saturated heterocycles. The molecule has 0 fully saturated rings. The van der Waals surface area contributed by atoms with Gasteiger partial charge in [-0.15, -0.1) is 4.85 Å². The van der Waals surface area contributed by atoms with Crippen LogP contribution in [0.5, 0.6) is 0 Å². The van der Waals surface area contributed by atoms with Gasteiger partial charge in [0.2, 0.25) is 11.0 Å². The van der Waals surface area contributed by atoms with Crippen molar-refractivity contribution in [3.8, 4) is 0 Å².